The average molecular weight is 346 g/mol. The van der Waals surface area contributed by atoms with Gasteiger partial charge >= 0.3 is 6.09 Å². The van der Waals surface area contributed by atoms with Crippen LogP contribution in [0.1, 0.15) is 32.8 Å². The molecule has 3 rings (SSSR count). The van der Waals surface area contributed by atoms with Gasteiger partial charge in [-0.15, -0.1) is 0 Å². The number of fused-ring (bicyclic) bond motifs is 2. The highest BCUT2D eigenvalue weighted by molar-refractivity contribution is 6.30. The SMILES string of the molecule is CC(C)(C)OC(=O)N1CCC(F)(F)[C@]2(CO2)c2cc(Cl)ccc21. The van der Waals surface area contributed by atoms with Gasteiger partial charge in [0, 0.05) is 23.6 Å². The quantitative estimate of drug-likeness (QED) is 0.657. The number of rotatable bonds is 0. The first-order valence-corrected chi connectivity index (χ1v) is 7.76. The lowest BCUT2D eigenvalue weighted by molar-refractivity contribution is -0.0804. The lowest BCUT2D eigenvalue weighted by atomic mass is 9.91. The number of benzene rings is 1. The highest BCUT2D eigenvalue weighted by Gasteiger charge is 2.67. The Morgan fingerprint density at radius 3 is 2.61 bits per heavy atom. The van der Waals surface area contributed by atoms with Crippen molar-refractivity contribution in [1.82, 2.24) is 0 Å². The number of amides is 1. The number of halogens is 3. The molecule has 4 nitrogen and oxygen atoms in total. The smallest absolute Gasteiger partial charge is 0.414 e. The first kappa shape index (κ1) is 16.5. The predicted octanol–water partition coefficient (Wildman–Crippen LogP) is 4.35. The van der Waals surface area contributed by atoms with Gasteiger partial charge in [-0.05, 0) is 39.0 Å². The van der Waals surface area contributed by atoms with Crippen LogP contribution >= 0.6 is 11.6 Å². The molecule has 1 aromatic rings. The Hall–Kier alpha value is -1.40. The molecule has 7 heteroatoms. The standard InChI is InChI=1S/C16H18ClF2NO3/c1-14(2,3)23-13(21)20-7-6-16(18,19)15(9-22-15)11-8-10(17)4-5-12(11)20/h4-5,8H,6-7,9H2,1-3H3/t15-/m0/s1. The van der Waals surface area contributed by atoms with Gasteiger partial charge in [-0.25, -0.2) is 13.6 Å². The molecule has 0 radical (unpaired) electrons. The summed E-state index contributed by atoms with van der Waals surface area (Å²) in [5.41, 5.74) is -1.81. The summed E-state index contributed by atoms with van der Waals surface area (Å²) in [6, 6.07) is 4.57. The van der Waals surface area contributed by atoms with Gasteiger partial charge in [-0.1, -0.05) is 11.6 Å². The van der Waals surface area contributed by atoms with Crippen LogP contribution in [0.15, 0.2) is 18.2 Å². The summed E-state index contributed by atoms with van der Waals surface area (Å²) in [6.07, 6.45) is -1.16. The van der Waals surface area contributed by atoms with Crippen molar-refractivity contribution in [3.05, 3.63) is 28.8 Å². The number of alkyl halides is 2. The van der Waals surface area contributed by atoms with E-state index in [1.807, 2.05) is 0 Å². The van der Waals surface area contributed by atoms with E-state index in [1.54, 1.807) is 32.9 Å². The molecule has 1 spiro atoms. The molecule has 1 fully saturated rings. The second-order valence-corrected chi connectivity index (χ2v) is 7.30. The van der Waals surface area contributed by atoms with Gasteiger partial charge in [0.05, 0.1) is 12.3 Å². The van der Waals surface area contributed by atoms with Crippen LogP contribution in [0.5, 0.6) is 0 Å². The minimum absolute atomic E-state index is 0.0878. The maximum Gasteiger partial charge on any atom is 0.414 e. The molecule has 0 N–H and O–H groups in total. The molecule has 1 saturated heterocycles. The van der Waals surface area contributed by atoms with Gasteiger partial charge in [-0.2, -0.15) is 0 Å². The lowest BCUT2D eigenvalue weighted by Gasteiger charge is -2.27. The fourth-order valence-electron chi connectivity index (χ4n) is 2.78. The van der Waals surface area contributed by atoms with Gasteiger partial charge in [-0.3, -0.25) is 4.90 Å². The zero-order valence-corrected chi connectivity index (χ0v) is 13.9. The number of anilines is 1. The van der Waals surface area contributed by atoms with Gasteiger partial charge < -0.3 is 9.47 Å². The Kier molecular flexibility index (Phi) is 3.61. The molecule has 1 aromatic carbocycles. The van der Waals surface area contributed by atoms with Crippen molar-refractivity contribution < 1.29 is 23.0 Å². The minimum atomic E-state index is -3.08. The number of hydrogen-bond acceptors (Lipinski definition) is 3. The van der Waals surface area contributed by atoms with E-state index in [1.165, 1.54) is 11.0 Å². The summed E-state index contributed by atoms with van der Waals surface area (Å²) in [7, 11) is 0. The fraction of sp³-hybridized carbons (Fsp3) is 0.562. The Bertz CT molecular complexity index is 653. The number of nitrogens with zero attached hydrogens (tertiary/aromatic N) is 1. The monoisotopic (exact) mass is 345 g/mol. The summed E-state index contributed by atoms with van der Waals surface area (Å²) in [5, 5.41) is 0.320. The average Bonchev–Trinajstić information content (AvgIpc) is 3.19. The molecule has 23 heavy (non-hydrogen) atoms. The van der Waals surface area contributed by atoms with Crippen molar-refractivity contribution in [1.29, 1.82) is 0 Å². The molecule has 1 atom stereocenters. The summed E-state index contributed by atoms with van der Waals surface area (Å²) < 4.78 is 39.6. The number of epoxide rings is 1. The number of carbonyl (C=O) groups excluding carboxylic acids is 1. The van der Waals surface area contributed by atoms with E-state index in [0.717, 1.165) is 0 Å². The molecular weight excluding hydrogens is 328 g/mol. The highest BCUT2D eigenvalue weighted by atomic mass is 35.5. The lowest BCUT2D eigenvalue weighted by Crippen LogP contribution is -2.38. The number of carbonyl (C=O) groups is 1. The van der Waals surface area contributed by atoms with Crippen LogP contribution in [0.2, 0.25) is 5.02 Å². The first-order valence-electron chi connectivity index (χ1n) is 7.38. The van der Waals surface area contributed by atoms with Crippen molar-refractivity contribution in [2.75, 3.05) is 18.1 Å². The van der Waals surface area contributed by atoms with Gasteiger partial charge in [0.15, 0.2) is 5.60 Å². The summed E-state index contributed by atoms with van der Waals surface area (Å²) >= 11 is 5.98. The van der Waals surface area contributed by atoms with Crippen LogP contribution in [0.4, 0.5) is 19.3 Å². The second-order valence-electron chi connectivity index (χ2n) is 6.86. The number of hydrogen-bond donors (Lipinski definition) is 0. The van der Waals surface area contributed by atoms with Crippen LogP contribution in [0, 0.1) is 0 Å². The van der Waals surface area contributed by atoms with Crippen LogP contribution in [0.3, 0.4) is 0 Å². The van der Waals surface area contributed by atoms with E-state index >= 15 is 0 Å². The molecule has 0 aromatic heterocycles. The zero-order chi connectivity index (χ0) is 17.0. The fourth-order valence-corrected chi connectivity index (χ4v) is 2.96. The highest BCUT2D eigenvalue weighted by Crippen LogP contribution is 2.57. The summed E-state index contributed by atoms with van der Waals surface area (Å²) in [4.78, 5) is 13.7. The molecule has 2 aliphatic rings. The van der Waals surface area contributed by atoms with E-state index in [-0.39, 0.29) is 18.7 Å². The van der Waals surface area contributed by atoms with Gasteiger partial charge in [0.2, 0.25) is 0 Å². The largest absolute Gasteiger partial charge is 0.443 e. The van der Waals surface area contributed by atoms with Crippen LogP contribution < -0.4 is 4.90 Å². The molecule has 2 heterocycles. The van der Waals surface area contributed by atoms with E-state index in [4.69, 9.17) is 21.1 Å². The second kappa shape index (κ2) is 5.05. The van der Waals surface area contributed by atoms with Crippen molar-refractivity contribution in [2.45, 2.75) is 44.3 Å². The van der Waals surface area contributed by atoms with Gasteiger partial charge in [0.1, 0.15) is 5.60 Å². The Morgan fingerprint density at radius 1 is 1.39 bits per heavy atom. The van der Waals surface area contributed by atoms with Gasteiger partial charge in [0.25, 0.3) is 5.92 Å². The van der Waals surface area contributed by atoms with E-state index in [9.17, 15) is 13.6 Å². The van der Waals surface area contributed by atoms with E-state index < -0.39 is 29.6 Å². The van der Waals surface area contributed by atoms with E-state index in [0.29, 0.717) is 10.7 Å². The maximum absolute atomic E-state index is 14.5. The normalized spacial score (nSPS) is 25.7. The molecule has 0 aliphatic carbocycles. The van der Waals surface area contributed by atoms with E-state index in [2.05, 4.69) is 0 Å². The predicted molar refractivity (Wildman–Crippen MR) is 82.2 cm³/mol. The van der Waals surface area contributed by atoms with Crippen molar-refractivity contribution in [3.8, 4) is 0 Å². The minimum Gasteiger partial charge on any atom is -0.443 e. The van der Waals surface area contributed by atoms with Crippen LogP contribution in [-0.2, 0) is 15.1 Å². The topological polar surface area (TPSA) is 42.1 Å². The summed E-state index contributed by atoms with van der Waals surface area (Å²) in [5.74, 6) is -3.08. The van der Waals surface area contributed by atoms with Crippen LogP contribution in [-0.4, -0.2) is 30.8 Å². The third-order valence-corrected chi connectivity index (χ3v) is 4.21. The van der Waals surface area contributed by atoms with Crippen molar-refractivity contribution in [2.24, 2.45) is 0 Å². The molecule has 126 valence electrons. The van der Waals surface area contributed by atoms with Crippen molar-refractivity contribution >= 4 is 23.4 Å². The third-order valence-electron chi connectivity index (χ3n) is 3.97. The molecule has 2 aliphatic heterocycles. The zero-order valence-electron chi connectivity index (χ0n) is 13.2. The molecule has 0 bridgehead atoms. The van der Waals surface area contributed by atoms with Crippen LogP contribution in [0.25, 0.3) is 0 Å². The maximum atomic E-state index is 14.5. The first-order chi connectivity index (χ1) is 10.6. The molecule has 0 saturated carbocycles. The Balaban J connectivity index is 2.06. The molecular formula is C16H18ClF2NO3. The number of ether oxygens (including phenoxy) is 2. The Labute approximate surface area is 138 Å². The molecule has 0 unspecified atom stereocenters. The van der Waals surface area contributed by atoms with Crippen molar-refractivity contribution in [3.63, 3.8) is 0 Å². The Morgan fingerprint density at radius 2 is 2.04 bits per heavy atom. The summed E-state index contributed by atoms with van der Waals surface area (Å²) in [6.45, 7) is 4.94. The molecule has 1 amide bonds. The third kappa shape index (κ3) is 2.78.